The van der Waals surface area contributed by atoms with E-state index in [0.717, 1.165) is 16.6 Å². The number of hydrogen-bond donors (Lipinski definition) is 1. The van der Waals surface area contributed by atoms with Gasteiger partial charge in [-0.15, -0.1) is 0 Å². The highest BCUT2D eigenvalue weighted by atomic mass is 15.1. The van der Waals surface area contributed by atoms with Crippen molar-refractivity contribution in [2.75, 3.05) is 5.73 Å². The number of pyridine rings is 1. The van der Waals surface area contributed by atoms with Crippen LogP contribution >= 0.6 is 0 Å². The fourth-order valence-corrected chi connectivity index (χ4v) is 2.25. The van der Waals surface area contributed by atoms with Gasteiger partial charge in [0.05, 0.1) is 17.6 Å². The van der Waals surface area contributed by atoms with Crippen LogP contribution in [-0.2, 0) is 6.54 Å². The molecule has 0 aliphatic heterocycles. The van der Waals surface area contributed by atoms with Gasteiger partial charge in [0, 0.05) is 12.4 Å². The molecule has 2 heterocycles. The molecule has 20 heavy (non-hydrogen) atoms. The highest BCUT2D eigenvalue weighted by Gasteiger charge is 2.12. The Hall–Kier alpha value is -2.87. The molecule has 0 fully saturated rings. The molecule has 2 aromatic heterocycles. The zero-order valence-electron chi connectivity index (χ0n) is 11.0. The summed E-state index contributed by atoms with van der Waals surface area (Å²) in [5.74, 6) is 0.408. The Kier molecular flexibility index (Phi) is 2.84. The molecule has 0 saturated carbocycles. The molecule has 0 radical (unpaired) electrons. The maximum Gasteiger partial charge on any atom is 0.201 e. The van der Waals surface area contributed by atoms with E-state index in [-0.39, 0.29) is 0 Å². The van der Waals surface area contributed by atoms with Crippen LogP contribution in [0.3, 0.4) is 0 Å². The lowest BCUT2D eigenvalue weighted by Gasteiger charge is -2.08. The number of hydrogen-bond acceptors (Lipinski definition) is 4. The standard InChI is InChI=1S/C15H13N5/c1-10-5-6-18-8-12(10)9-20-13-4-2-3-11(7-16)14(13)19-15(20)17/h2-6,8H,9H2,1H3,(H2,17,19). The van der Waals surface area contributed by atoms with Crippen LogP contribution in [0.4, 0.5) is 5.95 Å². The van der Waals surface area contributed by atoms with Crippen molar-refractivity contribution in [1.82, 2.24) is 14.5 Å². The van der Waals surface area contributed by atoms with Gasteiger partial charge in [-0.05, 0) is 36.2 Å². The van der Waals surface area contributed by atoms with Crippen LogP contribution in [-0.4, -0.2) is 14.5 Å². The normalized spacial score (nSPS) is 10.6. The van der Waals surface area contributed by atoms with E-state index < -0.39 is 0 Å². The Balaban J connectivity index is 2.16. The summed E-state index contributed by atoms with van der Waals surface area (Å²) >= 11 is 0. The molecule has 3 aromatic rings. The number of para-hydroxylation sites is 1. The highest BCUT2D eigenvalue weighted by Crippen LogP contribution is 2.22. The van der Waals surface area contributed by atoms with Crippen molar-refractivity contribution in [2.45, 2.75) is 13.5 Å². The molecular formula is C15H13N5. The minimum Gasteiger partial charge on any atom is -0.369 e. The summed E-state index contributed by atoms with van der Waals surface area (Å²) < 4.78 is 1.90. The van der Waals surface area contributed by atoms with Crippen LogP contribution in [0.15, 0.2) is 36.7 Å². The molecule has 5 heteroatoms. The van der Waals surface area contributed by atoms with Crippen molar-refractivity contribution >= 4 is 17.0 Å². The highest BCUT2D eigenvalue weighted by molar-refractivity contribution is 5.84. The van der Waals surface area contributed by atoms with E-state index in [1.165, 1.54) is 0 Å². The largest absolute Gasteiger partial charge is 0.369 e. The van der Waals surface area contributed by atoms with E-state index in [1.807, 2.05) is 35.9 Å². The quantitative estimate of drug-likeness (QED) is 0.768. The molecule has 5 nitrogen and oxygen atoms in total. The topological polar surface area (TPSA) is 80.5 Å². The molecule has 0 aliphatic rings. The molecule has 0 saturated heterocycles. The summed E-state index contributed by atoms with van der Waals surface area (Å²) in [7, 11) is 0. The van der Waals surface area contributed by atoms with Crippen molar-refractivity contribution in [3.63, 3.8) is 0 Å². The number of nitrogens with two attached hydrogens (primary N) is 1. The molecule has 0 aliphatic carbocycles. The number of nitriles is 1. The summed E-state index contributed by atoms with van der Waals surface area (Å²) in [6.07, 6.45) is 3.59. The Bertz CT molecular complexity index is 826. The number of aryl methyl sites for hydroxylation is 1. The first-order valence-electron chi connectivity index (χ1n) is 6.25. The number of fused-ring (bicyclic) bond motifs is 1. The number of aromatic nitrogens is 3. The van der Waals surface area contributed by atoms with E-state index in [2.05, 4.69) is 16.0 Å². The first-order valence-corrected chi connectivity index (χ1v) is 6.25. The molecule has 1 aromatic carbocycles. The number of rotatable bonds is 2. The summed E-state index contributed by atoms with van der Waals surface area (Å²) in [6, 6.07) is 9.61. The van der Waals surface area contributed by atoms with Gasteiger partial charge in [0.2, 0.25) is 5.95 Å². The molecular weight excluding hydrogens is 250 g/mol. The molecule has 0 bridgehead atoms. The molecule has 0 unspecified atom stereocenters. The van der Waals surface area contributed by atoms with Crippen molar-refractivity contribution in [3.05, 3.63) is 53.3 Å². The smallest absolute Gasteiger partial charge is 0.201 e. The zero-order chi connectivity index (χ0) is 14.1. The first-order chi connectivity index (χ1) is 9.70. The van der Waals surface area contributed by atoms with Gasteiger partial charge >= 0.3 is 0 Å². The third kappa shape index (κ3) is 1.88. The third-order valence-corrected chi connectivity index (χ3v) is 3.40. The lowest BCUT2D eigenvalue weighted by atomic mass is 10.1. The van der Waals surface area contributed by atoms with E-state index >= 15 is 0 Å². The lowest BCUT2D eigenvalue weighted by molar-refractivity contribution is 0.826. The second-order valence-electron chi connectivity index (χ2n) is 4.64. The summed E-state index contributed by atoms with van der Waals surface area (Å²) in [6.45, 7) is 2.63. The van der Waals surface area contributed by atoms with Crippen molar-refractivity contribution < 1.29 is 0 Å². The van der Waals surface area contributed by atoms with Crippen molar-refractivity contribution in [3.8, 4) is 6.07 Å². The van der Waals surface area contributed by atoms with Crippen LogP contribution < -0.4 is 5.73 Å². The van der Waals surface area contributed by atoms with E-state index in [4.69, 9.17) is 11.0 Å². The lowest BCUT2D eigenvalue weighted by Crippen LogP contribution is -2.06. The Morgan fingerprint density at radius 1 is 1.35 bits per heavy atom. The minimum absolute atomic E-state index is 0.408. The van der Waals surface area contributed by atoms with Gasteiger partial charge in [0.1, 0.15) is 11.6 Å². The van der Waals surface area contributed by atoms with Gasteiger partial charge in [-0.3, -0.25) is 4.98 Å². The van der Waals surface area contributed by atoms with Gasteiger partial charge in [-0.1, -0.05) is 6.07 Å². The molecule has 3 rings (SSSR count). The van der Waals surface area contributed by atoms with Crippen LogP contribution in [0.25, 0.3) is 11.0 Å². The first kappa shape index (κ1) is 12.2. The van der Waals surface area contributed by atoms with Crippen LogP contribution in [0.1, 0.15) is 16.7 Å². The van der Waals surface area contributed by atoms with Gasteiger partial charge in [-0.2, -0.15) is 5.26 Å². The minimum atomic E-state index is 0.408. The van der Waals surface area contributed by atoms with Gasteiger partial charge < -0.3 is 10.3 Å². The average molecular weight is 263 g/mol. The van der Waals surface area contributed by atoms with Crippen molar-refractivity contribution in [1.29, 1.82) is 5.26 Å². The number of imidazole rings is 1. The third-order valence-electron chi connectivity index (χ3n) is 3.40. The average Bonchev–Trinajstić information content (AvgIpc) is 2.77. The maximum atomic E-state index is 9.12. The number of anilines is 1. The number of nitrogen functional groups attached to an aromatic ring is 1. The van der Waals surface area contributed by atoms with Gasteiger partial charge in [-0.25, -0.2) is 4.98 Å². The molecule has 0 spiro atoms. The summed E-state index contributed by atoms with van der Waals surface area (Å²) in [5, 5.41) is 9.12. The van der Waals surface area contributed by atoms with Gasteiger partial charge in [0.15, 0.2) is 0 Å². The molecule has 0 amide bonds. The second kappa shape index (κ2) is 4.67. The summed E-state index contributed by atoms with van der Waals surface area (Å²) in [4.78, 5) is 8.45. The predicted molar refractivity (Wildman–Crippen MR) is 76.9 cm³/mol. The Morgan fingerprint density at radius 3 is 2.95 bits per heavy atom. The van der Waals surface area contributed by atoms with E-state index in [1.54, 1.807) is 12.3 Å². The molecule has 0 atom stereocenters. The maximum absolute atomic E-state index is 9.12. The van der Waals surface area contributed by atoms with Crippen LogP contribution in [0.5, 0.6) is 0 Å². The Labute approximate surface area is 116 Å². The van der Waals surface area contributed by atoms with E-state index in [9.17, 15) is 0 Å². The monoisotopic (exact) mass is 263 g/mol. The molecule has 98 valence electrons. The SMILES string of the molecule is Cc1ccncc1Cn1c(N)nc2c(C#N)cccc21. The number of benzene rings is 1. The Morgan fingerprint density at radius 2 is 2.20 bits per heavy atom. The zero-order valence-corrected chi connectivity index (χ0v) is 11.0. The van der Waals surface area contributed by atoms with Crippen molar-refractivity contribution in [2.24, 2.45) is 0 Å². The summed E-state index contributed by atoms with van der Waals surface area (Å²) in [5.41, 5.74) is 10.3. The number of nitrogens with zero attached hydrogens (tertiary/aromatic N) is 4. The van der Waals surface area contributed by atoms with Gasteiger partial charge in [0.25, 0.3) is 0 Å². The van der Waals surface area contributed by atoms with Crippen LogP contribution in [0, 0.1) is 18.3 Å². The fraction of sp³-hybridized carbons (Fsp3) is 0.133. The van der Waals surface area contributed by atoms with E-state index in [0.29, 0.717) is 23.6 Å². The second-order valence-corrected chi connectivity index (χ2v) is 4.64. The predicted octanol–water partition coefficient (Wildman–Crippen LogP) is 2.24. The fourth-order valence-electron chi connectivity index (χ4n) is 2.25. The molecule has 2 N–H and O–H groups in total. The van der Waals surface area contributed by atoms with Crippen LogP contribution in [0.2, 0.25) is 0 Å².